The van der Waals surface area contributed by atoms with E-state index in [1.165, 1.54) is 6.07 Å². The van der Waals surface area contributed by atoms with Crippen molar-refractivity contribution in [3.05, 3.63) is 29.6 Å². The number of hydrogen-bond acceptors (Lipinski definition) is 3. The number of para-hydroxylation sites is 1. The summed E-state index contributed by atoms with van der Waals surface area (Å²) < 4.78 is 18.9. The largest absolute Gasteiger partial charge is 0.477 e. The molecule has 2 atom stereocenters. The summed E-state index contributed by atoms with van der Waals surface area (Å²) in [6.07, 6.45) is 3.51. The molecule has 0 spiro atoms. The molecule has 114 valence electrons. The lowest BCUT2D eigenvalue weighted by Crippen LogP contribution is -2.42. The smallest absolute Gasteiger partial charge is 0.261 e. The maximum atomic E-state index is 13.5. The van der Waals surface area contributed by atoms with E-state index in [0.717, 1.165) is 25.7 Å². The van der Waals surface area contributed by atoms with E-state index in [1.807, 2.05) is 0 Å². The van der Waals surface area contributed by atoms with E-state index in [4.69, 9.17) is 4.74 Å². The summed E-state index contributed by atoms with van der Waals surface area (Å²) in [5.74, 6) is -0.269. The van der Waals surface area contributed by atoms with Gasteiger partial charge in [0, 0.05) is 18.5 Å². The van der Waals surface area contributed by atoms with Crippen molar-refractivity contribution in [3.63, 3.8) is 0 Å². The third kappa shape index (κ3) is 3.02. The van der Waals surface area contributed by atoms with E-state index in [0.29, 0.717) is 12.0 Å². The van der Waals surface area contributed by atoms with Crippen LogP contribution in [0.4, 0.5) is 4.39 Å². The minimum atomic E-state index is -0.701. The molecule has 0 radical (unpaired) electrons. The lowest BCUT2D eigenvalue weighted by molar-refractivity contribution is -0.127. The van der Waals surface area contributed by atoms with Gasteiger partial charge in [-0.05, 0) is 24.8 Å². The van der Waals surface area contributed by atoms with E-state index in [-0.39, 0.29) is 24.1 Å². The molecule has 1 heterocycles. The fraction of sp³-hybridized carbons (Fsp3) is 0.562. The van der Waals surface area contributed by atoms with Crippen LogP contribution in [0, 0.1) is 11.7 Å². The van der Waals surface area contributed by atoms with Crippen molar-refractivity contribution in [2.45, 2.75) is 44.3 Å². The zero-order valence-corrected chi connectivity index (χ0v) is 11.8. The number of ether oxygens (including phenoxy) is 1. The molecule has 3 rings (SSSR count). The van der Waals surface area contributed by atoms with Gasteiger partial charge in [-0.3, -0.25) is 4.79 Å². The Balaban J connectivity index is 1.52. The van der Waals surface area contributed by atoms with Crippen LogP contribution in [-0.4, -0.2) is 29.8 Å². The molecular weight excluding hydrogens is 273 g/mol. The first-order valence-electron chi connectivity index (χ1n) is 7.55. The molecule has 21 heavy (non-hydrogen) atoms. The molecule has 1 amide bonds. The number of benzene rings is 1. The number of nitrogens with one attached hydrogen (secondary N) is 1. The quantitative estimate of drug-likeness (QED) is 0.890. The zero-order chi connectivity index (χ0) is 14.8. The van der Waals surface area contributed by atoms with E-state index in [9.17, 15) is 14.3 Å². The van der Waals surface area contributed by atoms with Crippen LogP contribution in [0.3, 0.4) is 0 Å². The lowest BCUT2D eigenvalue weighted by Gasteiger charge is -2.19. The maximum absolute atomic E-state index is 13.5. The minimum absolute atomic E-state index is 0.175. The average Bonchev–Trinajstić information content (AvgIpc) is 3.13. The Morgan fingerprint density at radius 3 is 2.90 bits per heavy atom. The van der Waals surface area contributed by atoms with Crippen LogP contribution in [0.2, 0.25) is 0 Å². The van der Waals surface area contributed by atoms with E-state index < -0.39 is 18.0 Å². The van der Waals surface area contributed by atoms with E-state index in [2.05, 4.69) is 5.32 Å². The predicted molar refractivity (Wildman–Crippen MR) is 75.5 cm³/mol. The molecular formula is C16H20FNO3. The molecule has 2 aliphatic rings. The van der Waals surface area contributed by atoms with Crippen molar-refractivity contribution < 1.29 is 19.0 Å². The number of aliphatic hydroxyl groups is 1. The van der Waals surface area contributed by atoms with Gasteiger partial charge >= 0.3 is 0 Å². The van der Waals surface area contributed by atoms with E-state index in [1.54, 1.807) is 12.1 Å². The Morgan fingerprint density at radius 1 is 1.43 bits per heavy atom. The SMILES string of the molecule is O=C(NCC(O)C1CCCC1)C1Cc2cccc(F)c2O1. The first-order chi connectivity index (χ1) is 10.1. The third-order valence-electron chi connectivity index (χ3n) is 4.44. The van der Waals surface area contributed by atoms with Gasteiger partial charge in [-0.25, -0.2) is 4.39 Å². The van der Waals surface area contributed by atoms with Crippen LogP contribution in [0.1, 0.15) is 31.2 Å². The normalized spacial score (nSPS) is 22.7. The lowest BCUT2D eigenvalue weighted by atomic mass is 10.0. The summed E-state index contributed by atoms with van der Waals surface area (Å²) in [5.41, 5.74) is 0.714. The number of carbonyl (C=O) groups is 1. The van der Waals surface area contributed by atoms with Crippen molar-refractivity contribution in [1.82, 2.24) is 5.32 Å². The number of carbonyl (C=O) groups excluding carboxylic acids is 1. The molecule has 2 N–H and O–H groups in total. The highest BCUT2D eigenvalue weighted by molar-refractivity contribution is 5.82. The highest BCUT2D eigenvalue weighted by Gasteiger charge is 2.32. The number of hydrogen-bond donors (Lipinski definition) is 2. The Bertz CT molecular complexity index is 528. The number of rotatable bonds is 4. The Labute approximate surface area is 123 Å². The summed E-state index contributed by atoms with van der Waals surface area (Å²) in [5, 5.41) is 12.8. The van der Waals surface area contributed by atoms with Gasteiger partial charge in [0.05, 0.1) is 6.10 Å². The molecule has 1 aromatic rings. The zero-order valence-electron chi connectivity index (χ0n) is 11.8. The standard InChI is InChI=1S/C16H20FNO3/c17-12-7-3-6-11-8-14(21-15(11)12)16(20)18-9-13(19)10-4-1-2-5-10/h3,6-7,10,13-14,19H,1-2,4-5,8-9H2,(H,18,20). The van der Waals surface area contributed by atoms with Crippen molar-refractivity contribution in [2.75, 3.05) is 6.54 Å². The van der Waals surface area contributed by atoms with Gasteiger partial charge in [0.1, 0.15) is 0 Å². The summed E-state index contributed by atoms with van der Waals surface area (Å²) in [6.45, 7) is 0.238. The highest BCUT2D eigenvalue weighted by atomic mass is 19.1. The van der Waals surface area contributed by atoms with Crippen LogP contribution in [0.5, 0.6) is 5.75 Å². The first-order valence-corrected chi connectivity index (χ1v) is 7.55. The molecule has 0 saturated heterocycles. The van der Waals surface area contributed by atoms with Gasteiger partial charge in [-0.1, -0.05) is 25.0 Å². The fourth-order valence-electron chi connectivity index (χ4n) is 3.20. The Kier molecular flexibility index (Phi) is 4.10. The molecule has 1 aliphatic heterocycles. The summed E-state index contributed by atoms with van der Waals surface area (Å²) in [6, 6.07) is 4.70. The second-order valence-corrected chi connectivity index (χ2v) is 5.90. The second-order valence-electron chi connectivity index (χ2n) is 5.90. The minimum Gasteiger partial charge on any atom is -0.477 e. The van der Waals surface area contributed by atoms with Crippen molar-refractivity contribution >= 4 is 5.91 Å². The van der Waals surface area contributed by atoms with Crippen LogP contribution in [0.25, 0.3) is 0 Å². The van der Waals surface area contributed by atoms with Gasteiger partial charge in [0.2, 0.25) is 0 Å². The molecule has 1 aromatic carbocycles. The Morgan fingerprint density at radius 2 is 2.19 bits per heavy atom. The molecule has 2 unspecified atom stereocenters. The number of halogens is 1. The van der Waals surface area contributed by atoms with Crippen LogP contribution in [-0.2, 0) is 11.2 Å². The van der Waals surface area contributed by atoms with Crippen LogP contribution < -0.4 is 10.1 Å². The molecule has 4 nitrogen and oxygen atoms in total. The van der Waals surface area contributed by atoms with Crippen LogP contribution >= 0.6 is 0 Å². The molecule has 1 fully saturated rings. The Hall–Kier alpha value is -1.62. The van der Waals surface area contributed by atoms with Gasteiger partial charge in [-0.2, -0.15) is 0 Å². The van der Waals surface area contributed by atoms with Crippen molar-refractivity contribution in [2.24, 2.45) is 5.92 Å². The predicted octanol–water partition coefficient (Wildman–Crippen LogP) is 1.80. The second kappa shape index (κ2) is 6.02. The van der Waals surface area contributed by atoms with Crippen molar-refractivity contribution in [3.8, 4) is 5.75 Å². The highest BCUT2D eigenvalue weighted by Crippen LogP contribution is 2.31. The van der Waals surface area contributed by atoms with Gasteiger partial charge < -0.3 is 15.2 Å². The topological polar surface area (TPSA) is 58.6 Å². The summed E-state index contributed by atoms with van der Waals surface area (Å²) in [4.78, 5) is 12.1. The van der Waals surface area contributed by atoms with Gasteiger partial charge in [-0.15, -0.1) is 0 Å². The molecule has 5 heteroatoms. The van der Waals surface area contributed by atoms with Crippen molar-refractivity contribution in [1.29, 1.82) is 0 Å². The summed E-state index contributed by atoms with van der Waals surface area (Å²) >= 11 is 0. The van der Waals surface area contributed by atoms with Gasteiger partial charge in [0.25, 0.3) is 5.91 Å². The fourth-order valence-corrected chi connectivity index (χ4v) is 3.20. The van der Waals surface area contributed by atoms with E-state index >= 15 is 0 Å². The molecule has 0 aromatic heterocycles. The molecule has 1 aliphatic carbocycles. The first kappa shape index (κ1) is 14.3. The number of amides is 1. The average molecular weight is 293 g/mol. The number of fused-ring (bicyclic) bond motifs is 1. The monoisotopic (exact) mass is 293 g/mol. The third-order valence-corrected chi connectivity index (χ3v) is 4.44. The van der Waals surface area contributed by atoms with Crippen LogP contribution in [0.15, 0.2) is 18.2 Å². The maximum Gasteiger partial charge on any atom is 0.261 e. The summed E-state index contributed by atoms with van der Waals surface area (Å²) in [7, 11) is 0. The van der Waals surface area contributed by atoms with Gasteiger partial charge in [0.15, 0.2) is 17.7 Å². The molecule has 1 saturated carbocycles. The number of aliphatic hydroxyl groups excluding tert-OH is 1. The molecule has 0 bridgehead atoms.